The summed E-state index contributed by atoms with van der Waals surface area (Å²) >= 11 is 0. The molecule has 2 aromatic carbocycles. The number of rotatable bonds is 5. The molecule has 0 atom stereocenters. The Kier molecular flexibility index (Phi) is 4.84. The number of benzene rings is 2. The molecule has 1 amide bonds. The smallest absolute Gasteiger partial charge is 0.272 e. The molecule has 2 rings (SSSR count). The van der Waals surface area contributed by atoms with Crippen LogP contribution in [0.1, 0.15) is 15.9 Å². The van der Waals surface area contributed by atoms with E-state index in [1.54, 1.807) is 18.2 Å². The van der Waals surface area contributed by atoms with E-state index in [1.165, 1.54) is 31.2 Å². The maximum Gasteiger partial charge on any atom is 0.272 e. The van der Waals surface area contributed by atoms with Crippen molar-refractivity contribution in [3.63, 3.8) is 0 Å². The van der Waals surface area contributed by atoms with E-state index in [2.05, 4.69) is 10.0 Å². The maximum atomic E-state index is 12.3. The van der Waals surface area contributed by atoms with Gasteiger partial charge in [-0.25, -0.2) is 8.42 Å². The fraction of sp³-hybridized carbons (Fsp3) is 0.133. The van der Waals surface area contributed by atoms with Gasteiger partial charge in [0.05, 0.1) is 22.6 Å². The van der Waals surface area contributed by atoms with Crippen LogP contribution in [-0.2, 0) is 10.0 Å². The van der Waals surface area contributed by atoms with Gasteiger partial charge in [0.1, 0.15) is 0 Å². The Hall–Kier alpha value is -2.94. The molecule has 24 heavy (non-hydrogen) atoms. The van der Waals surface area contributed by atoms with Crippen LogP contribution in [0, 0.1) is 17.0 Å². The van der Waals surface area contributed by atoms with Crippen LogP contribution in [0.2, 0.25) is 0 Å². The number of nitrogens with one attached hydrogen (secondary N) is 2. The van der Waals surface area contributed by atoms with E-state index in [4.69, 9.17) is 0 Å². The first-order valence-electron chi connectivity index (χ1n) is 6.80. The molecule has 0 saturated heterocycles. The zero-order valence-corrected chi connectivity index (χ0v) is 13.8. The lowest BCUT2D eigenvalue weighted by Crippen LogP contribution is -2.16. The number of carbonyl (C=O) groups excluding carboxylic acids is 1. The Balaban J connectivity index is 2.28. The highest BCUT2D eigenvalue weighted by molar-refractivity contribution is 7.92. The number of nitro groups is 1. The van der Waals surface area contributed by atoms with Gasteiger partial charge in [-0.3, -0.25) is 19.6 Å². The van der Waals surface area contributed by atoms with Crippen LogP contribution in [-0.4, -0.2) is 25.5 Å². The molecule has 0 fully saturated rings. The summed E-state index contributed by atoms with van der Waals surface area (Å²) in [6.45, 7) is 1.54. The monoisotopic (exact) mass is 349 g/mol. The van der Waals surface area contributed by atoms with Crippen LogP contribution in [0.4, 0.5) is 17.1 Å². The van der Waals surface area contributed by atoms with Crippen molar-refractivity contribution in [3.8, 4) is 0 Å². The van der Waals surface area contributed by atoms with E-state index < -0.39 is 20.9 Å². The molecule has 0 radical (unpaired) electrons. The first-order chi connectivity index (χ1) is 11.2. The van der Waals surface area contributed by atoms with Crippen LogP contribution < -0.4 is 10.0 Å². The van der Waals surface area contributed by atoms with Crippen LogP contribution in [0.15, 0.2) is 42.5 Å². The number of aryl methyl sites for hydroxylation is 1. The van der Waals surface area contributed by atoms with Crippen molar-refractivity contribution in [3.05, 3.63) is 63.7 Å². The Bertz CT molecular complexity index is 909. The van der Waals surface area contributed by atoms with E-state index in [0.29, 0.717) is 5.56 Å². The van der Waals surface area contributed by atoms with Gasteiger partial charge in [0.25, 0.3) is 11.6 Å². The molecular weight excluding hydrogens is 334 g/mol. The van der Waals surface area contributed by atoms with Gasteiger partial charge in [-0.05, 0) is 31.2 Å². The quantitative estimate of drug-likeness (QED) is 0.635. The summed E-state index contributed by atoms with van der Waals surface area (Å²) in [5, 5.41) is 13.4. The van der Waals surface area contributed by atoms with E-state index in [1.807, 2.05) is 0 Å². The highest BCUT2D eigenvalue weighted by Gasteiger charge is 2.15. The predicted molar refractivity (Wildman–Crippen MR) is 90.7 cm³/mol. The highest BCUT2D eigenvalue weighted by Crippen LogP contribution is 2.24. The molecule has 0 aliphatic carbocycles. The van der Waals surface area contributed by atoms with Crippen molar-refractivity contribution < 1.29 is 18.1 Å². The number of sulfonamides is 1. The molecule has 8 nitrogen and oxygen atoms in total. The number of hydrogen-bond donors (Lipinski definition) is 2. The van der Waals surface area contributed by atoms with Gasteiger partial charge in [0.15, 0.2) is 0 Å². The third-order valence-corrected chi connectivity index (χ3v) is 3.72. The third-order valence-electron chi connectivity index (χ3n) is 3.13. The second-order valence-electron chi connectivity index (χ2n) is 5.13. The molecule has 9 heteroatoms. The minimum atomic E-state index is -3.50. The molecule has 0 aromatic heterocycles. The first kappa shape index (κ1) is 17.4. The van der Waals surface area contributed by atoms with Crippen LogP contribution >= 0.6 is 0 Å². The highest BCUT2D eigenvalue weighted by atomic mass is 32.2. The van der Waals surface area contributed by atoms with Crippen molar-refractivity contribution in [1.82, 2.24) is 0 Å². The minimum Gasteiger partial charge on any atom is -0.320 e. The largest absolute Gasteiger partial charge is 0.320 e. The molecular formula is C15H15N3O5S. The average molecular weight is 349 g/mol. The summed E-state index contributed by atoms with van der Waals surface area (Å²) in [6.07, 6.45) is 1.01. The van der Waals surface area contributed by atoms with Crippen molar-refractivity contribution in [2.75, 3.05) is 16.3 Å². The summed E-state index contributed by atoms with van der Waals surface area (Å²) in [6, 6.07) is 10.3. The van der Waals surface area contributed by atoms with Crippen molar-refractivity contribution >= 4 is 33.0 Å². The second kappa shape index (κ2) is 6.67. The van der Waals surface area contributed by atoms with Gasteiger partial charge >= 0.3 is 0 Å². The van der Waals surface area contributed by atoms with E-state index in [0.717, 1.165) is 6.26 Å². The topological polar surface area (TPSA) is 118 Å². The number of nitrogens with zero attached hydrogens (tertiary/aromatic N) is 1. The fourth-order valence-electron chi connectivity index (χ4n) is 2.08. The van der Waals surface area contributed by atoms with E-state index in [9.17, 15) is 23.3 Å². The molecule has 0 bridgehead atoms. The predicted octanol–water partition coefficient (Wildman–Crippen LogP) is 2.53. The van der Waals surface area contributed by atoms with Crippen LogP contribution in [0.5, 0.6) is 0 Å². The maximum absolute atomic E-state index is 12.3. The second-order valence-corrected chi connectivity index (χ2v) is 6.88. The standard InChI is InChI=1S/C15H15N3O5S/c1-10-9-11(7-8-14(10)18(20)21)15(19)16-12-5-3-4-6-13(12)17-24(2,22)23/h3-9,17H,1-2H3,(H,16,19). The molecule has 126 valence electrons. The molecule has 2 N–H and O–H groups in total. The Morgan fingerprint density at radius 1 is 1.12 bits per heavy atom. The number of amides is 1. The minimum absolute atomic E-state index is 0.0781. The summed E-state index contributed by atoms with van der Waals surface area (Å²) in [4.78, 5) is 22.6. The average Bonchev–Trinajstić information content (AvgIpc) is 2.47. The van der Waals surface area contributed by atoms with Gasteiger partial charge < -0.3 is 5.32 Å². The Morgan fingerprint density at radius 3 is 2.29 bits per heavy atom. The molecule has 0 heterocycles. The SMILES string of the molecule is Cc1cc(C(=O)Nc2ccccc2NS(C)(=O)=O)ccc1[N+](=O)[O-]. The summed E-state index contributed by atoms with van der Waals surface area (Å²) in [5.74, 6) is -0.504. The molecule has 0 saturated carbocycles. The van der Waals surface area contributed by atoms with Gasteiger partial charge in [0, 0.05) is 17.2 Å². The first-order valence-corrected chi connectivity index (χ1v) is 8.70. The lowest BCUT2D eigenvalue weighted by Gasteiger charge is -2.12. The van der Waals surface area contributed by atoms with Gasteiger partial charge in [-0.2, -0.15) is 0 Å². The van der Waals surface area contributed by atoms with Crippen LogP contribution in [0.25, 0.3) is 0 Å². The Morgan fingerprint density at radius 2 is 1.75 bits per heavy atom. The lowest BCUT2D eigenvalue weighted by atomic mass is 10.1. The summed E-state index contributed by atoms with van der Waals surface area (Å²) in [5.41, 5.74) is 1.02. The number of para-hydroxylation sites is 2. The molecule has 0 unspecified atom stereocenters. The molecule has 0 aliphatic heterocycles. The third kappa shape index (κ3) is 4.29. The molecule has 0 spiro atoms. The fourth-order valence-corrected chi connectivity index (χ4v) is 2.65. The van der Waals surface area contributed by atoms with E-state index >= 15 is 0 Å². The Labute approximate surface area is 138 Å². The van der Waals surface area contributed by atoms with Gasteiger partial charge in [-0.1, -0.05) is 12.1 Å². The van der Waals surface area contributed by atoms with Crippen LogP contribution in [0.3, 0.4) is 0 Å². The van der Waals surface area contributed by atoms with Gasteiger partial charge in [0.2, 0.25) is 10.0 Å². The number of hydrogen-bond acceptors (Lipinski definition) is 5. The van der Waals surface area contributed by atoms with E-state index in [-0.39, 0.29) is 22.6 Å². The normalized spacial score (nSPS) is 10.9. The van der Waals surface area contributed by atoms with Crippen molar-refractivity contribution in [1.29, 1.82) is 0 Å². The zero-order valence-electron chi connectivity index (χ0n) is 12.9. The lowest BCUT2D eigenvalue weighted by molar-refractivity contribution is -0.385. The summed E-state index contributed by atoms with van der Waals surface area (Å²) in [7, 11) is -3.50. The van der Waals surface area contributed by atoms with Crippen molar-refractivity contribution in [2.24, 2.45) is 0 Å². The zero-order chi connectivity index (χ0) is 17.9. The molecule has 2 aromatic rings. The van der Waals surface area contributed by atoms with Crippen molar-refractivity contribution in [2.45, 2.75) is 6.92 Å². The summed E-state index contributed by atoms with van der Waals surface area (Å²) < 4.78 is 25.0. The molecule has 0 aliphatic rings. The number of nitro benzene ring substituents is 1. The number of anilines is 2. The number of carbonyl (C=O) groups is 1. The van der Waals surface area contributed by atoms with Gasteiger partial charge in [-0.15, -0.1) is 0 Å².